The highest BCUT2D eigenvalue weighted by atomic mass is 31.2. The Hall–Kier alpha value is -1.47. The molecule has 0 rings (SSSR count). The van der Waals surface area contributed by atoms with Gasteiger partial charge in [-0.1, -0.05) is 82.4 Å². The maximum atomic E-state index is 12.2. The molecular formula is C28H51O8P. The molecule has 0 amide bonds. The number of allylic oxidation sites excluding steroid dienone is 3. The first-order valence-electron chi connectivity index (χ1n) is 14.1. The zero-order chi connectivity index (χ0) is 27.6. The fraction of sp³-hybridized carbons (Fsp3) is 0.786. The molecule has 0 aliphatic heterocycles. The van der Waals surface area contributed by atoms with Gasteiger partial charge < -0.3 is 19.3 Å². The van der Waals surface area contributed by atoms with Crippen molar-refractivity contribution in [1.29, 1.82) is 0 Å². The van der Waals surface area contributed by atoms with Crippen molar-refractivity contribution in [2.45, 2.75) is 129 Å². The van der Waals surface area contributed by atoms with Crippen LogP contribution in [0.5, 0.6) is 0 Å². The van der Waals surface area contributed by atoms with E-state index >= 15 is 0 Å². The van der Waals surface area contributed by atoms with E-state index in [1.165, 1.54) is 32.1 Å². The maximum absolute atomic E-state index is 12.2. The molecule has 8 nitrogen and oxygen atoms in total. The largest absolute Gasteiger partial charge is 0.469 e. The predicted octanol–water partition coefficient (Wildman–Crippen LogP) is 7.33. The average Bonchev–Trinajstić information content (AvgIpc) is 2.85. The Kier molecular flexibility index (Phi) is 23.9. The minimum absolute atomic E-state index is 0.201. The van der Waals surface area contributed by atoms with Gasteiger partial charge in [-0.15, -0.1) is 6.58 Å². The van der Waals surface area contributed by atoms with Gasteiger partial charge >= 0.3 is 19.8 Å². The standard InChI is InChI=1S/C28H51O8P/c1-3-5-7-9-11-13-15-16-18-20-22-27(29)34-24-26(25-35-37(31,32)33)36-28(30)23-21-19-17-14-12-10-8-6-4-2/h3-5,26H,2,6-25H2,1H3,(H2,31,32,33)/b5-3+/t26-/m1/s1. The highest BCUT2D eigenvalue weighted by Gasteiger charge is 2.22. The van der Waals surface area contributed by atoms with Crippen LogP contribution in [0.1, 0.15) is 122 Å². The van der Waals surface area contributed by atoms with Gasteiger partial charge in [0.05, 0.1) is 6.61 Å². The first kappa shape index (κ1) is 35.5. The molecule has 0 saturated carbocycles. The lowest BCUT2D eigenvalue weighted by atomic mass is 10.1. The summed E-state index contributed by atoms with van der Waals surface area (Å²) in [7, 11) is -4.73. The Labute approximate surface area is 224 Å². The third-order valence-corrected chi connectivity index (χ3v) is 6.42. The highest BCUT2D eigenvalue weighted by Crippen LogP contribution is 2.35. The molecule has 0 heterocycles. The first-order valence-corrected chi connectivity index (χ1v) is 15.6. The number of rotatable bonds is 26. The van der Waals surface area contributed by atoms with Gasteiger partial charge in [0.15, 0.2) is 6.10 Å². The third-order valence-electron chi connectivity index (χ3n) is 5.93. The topological polar surface area (TPSA) is 119 Å². The summed E-state index contributed by atoms with van der Waals surface area (Å²) in [6.07, 6.45) is 22.6. The Bertz CT molecular complexity index is 659. The molecule has 0 bridgehead atoms. The molecule has 0 radical (unpaired) electrons. The zero-order valence-corrected chi connectivity index (χ0v) is 23.8. The molecular weight excluding hydrogens is 495 g/mol. The van der Waals surface area contributed by atoms with Crippen molar-refractivity contribution in [1.82, 2.24) is 0 Å². The minimum Gasteiger partial charge on any atom is -0.462 e. The molecule has 0 aliphatic carbocycles. The van der Waals surface area contributed by atoms with Crippen LogP contribution in [0.4, 0.5) is 0 Å². The quantitative estimate of drug-likeness (QED) is 0.0501. The summed E-state index contributed by atoms with van der Waals surface area (Å²) in [5, 5.41) is 0. The van der Waals surface area contributed by atoms with Gasteiger partial charge in [-0.25, -0.2) is 4.57 Å². The predicted molar refractivity (Wildman–Crippen MR) is 147 cm³/mol. The van der Waals surface area contributed by atoms with Gasteiger partial charge in [0.25, 0.3) is 0 Å². The number of ether oxygens (including phenoxy) is 2. The van der Waals surface area contributed by atoms with Crippen molar-refractivity contribution >= 4 is 19.8 Å². The Morgan fingerprint density at radius 1 is 0.757 bits per heavy atom. The van der Waals surface area contributed by atoms with Crippen LogP contribution in [0.15, 0.2) is 24.8 Å². The van der Waals surface area contributed by atoms with Gasteiger partial charge in [0, 0.05) is 12.8 Å². The molecule has 0 unspecified atom stereocenters. The van der Waals surface area contributed by atoms with Crippen LogP contribution >= 0.6 is 7.82 Å². The number of esters is 2. The molecule has 37 heavy (non-hydrogen) atoms. The van der Waals surface area contributed by atoms with E-state index < -0.39 is 32.5 Å². The van der Waals surface area contributed by atoms with E-state index in [9.17, 15) is 14.2 Å². The monoisotopic (exact) mass is 546 g/mol. The molecule has 9 heteroatoms. The minimum atomic E-state index is -4.73. The Morgan fingerprint density at radius 3 is 1.76 bits per heavy atom. The van der Waals surface area contributed by atoms with Gasteiger partial charge in [-0.3, -0.25) is 14.1 Å². The molecule has 216 valence electrons. The summed E-state index contributed by atoms with van der Waals surface area (Å²) in [4.78, 5) is 42.2. The third kappa shape index (κ3) is 27.4. The SMILES string of the molecule is C=CCCCCCCCCCC(=O)O[C@H](COC(=O)CCCCCCCCC/C=C/C)COP(=O)(O)O. The van der Waals surface area contributed by atoms with Crippen LogP contribution in [-0.4, -0.2) is 41.0 Å². The molecule has 0 spiro atoms. The van der Waals surface area contributed by atoms with E-state index in [-0.39, 0.29) is 19.4 Å². The molecule has 1 atom stereocenters. The summed E-state index contributed by atoms with van der Waals surface area (Å²) in [6, 6.07) is 0. The Balaban J connectivity index is 4.08. The van der Waals surface area contributed by atoms with E-state index in [1.54, 1.807) is 0 Å². The van der Waals surface area contributed by atoms with Crippen LogP contribution in [0.25, 0.3) is 0 Å². The van der Waals surface area contributed by atoms with E-state index in [1.807, 2.05) is 13.0 Å². The summed E-state index contributed by atoms with van der Waals surface area (Å²) < 4.78 is 26.0. The summed E-state index contributed by atoms with van der Waals surface area (Å²) in [5.74, 6) is -0.913. The van der Waals surface area contributed by atoms with Crippen LogP contribution < -0.4 is 0 Å². The molecule has 0 aromatic rings. The fourth-order valence-electron chi connectivity index (χ4n) is 3.82. The van der Waals surface area contributed by atoms with E-state index in [2.05, 4.69) is 23.3 Å². The van der Waals surface area contributed by atoms with Crippen molar-refractivity contribution in [2.75, 3.05) is 13.2 Å². The lowest BCUT2D eigenvalue weighted by Crippen LogP contribution is -2.29. The van der Waals surface area contributed by atoms with Crippen LogP contribution in [0.3, 0.4) is 0 Å². The zero-order valence-electron chi connectivity index (χ0n) is 22.9. The van der Waals surface area contributed by atoms with Gasteiger partial charge in [-0.05, 0) is 45.4 Å². The normalized spacial score (nSPS) is 12.5. The second kappa shape index (κ2) is 24.8. The number of phosphoric ester groups is 1. The molecule has 2 N–H and O–H groups in total. The summed E-state index contributed by atoms with van der Waals surface area (Å²) in [5.41, 5.74) is 0. The van der Waals surface area contributed by atoms with Crippen LogP contribution in [0.2, 0.25) is 0 Å². The van der Waals surface area contributed by atoms with Crippen molar-refractivity contribution in [3.8, 4) is 0 Å². The van der Waals surface area contributed by atoms with Gasteiger partial charge in [-0.2, -0.15) is 0 Å². The van der Waals surface area contributed by atoms with Crippen molar-refractivity contribution < 1.29 is 37.9 Å². The second-order valence-corrected chi connectivity index (χ2v) is 10.7. The van der Waals surface area contributed by atoms with Gasteiger partial charge in [0.2, 0.25) is 0 Å². The summed E-state index contributed by atoms with van der Waals surface area (Å²) >= 11 is 0. The van der Waals surface area contributed by atoms with Crippen LogP contribution in [0, 0.1) is 0 Å². The fourth-order valence-corrected chi connectivity index (χ4v) is 4.18. The smallest absolute Gasteiger partial charge is 0.462 e. The lowest BCUT2D eigenvalue weighted by Gasteiger charge is -2.18. The van der Waals surface area contributed by atoms with E-state index in [4.69, 9.17) is 19.3 Å². The number of carbonyl (C=O) groups excluding carboxylic acids is 2. The van der Waals surface area contributed by atoms with Crippen molar-refractivity contribution in [3.05, 3.63) is 24.8 Å². The lowest BCUT2D eigenvalue weighted by molar-refractivity contribution is -0.161. The van der Waals surface area contributed by atoms with E-state index in [0.29, 0.717) is 6.42 Å². The molecule has 0 aromatic heterocycles. The summed E-state index contributed by atoms with van der Waals surface area (Å²) in [6.45, 7) is 4.92. The van der Waals surface area contributed by atoms with Crippen LogP contribution in [-0.2, 0) is 28.2 Å². The van der Waals surface area contributed by atoms with Gasteiger partial charge in [0.1, 0.15) is 6.61 Å². The first-order chi connectivity index (χ1) is 17.8. The molecule has 0 fully saturated rings. The molecule has 0 saturated heterocycles. The average molecular weight is 547 g/mol. The molecule has 0 aromatic carbocycles. The number of unbranched alkanes of at least 4 members (excludes halogenated alkanes) is 14. The maximum Gasteiger partial charge on any atom is 0.469 e. The number of hydrogen-bond acceptors (Lipinski definition) is 6. The second-order valence-electron chi connectivity index (χ2n) is 9.47. The highest BCUT2D eigenvalue weighted by molar-refractivity contribution is 7.46. The molecule has 0 aliphatic rings. The number of hydrogen-bond donors (Lipinski definition) is 2. The number of phosphoric acid groups is 1. The van der Waals surface area contributed by atoms with E-state index in [0.717, 1.165) is 64.2 Å². The van der Waals surface area contributed by atoms with Crippen molar-refractivity contribution in [2.24, 2.45) is 0 Å². The van der Waals surface area contributed by atoms with Crippen molar-refractivity contribution in [3.63, 3.8) is 0 Å². The Morgan fingerprint density at radius 2 is 1.24 bits per heavy atom. The number of carbonyl (C=O) groups is 2.